The Labute approximate surface area is 110 Å². The zero-order chi connectivity index (χ0) is 12.6. The van der Waals surface area contributed by atoms with Gasteiger partial charge in [0.15, 0.2) is 0 Å². The fourth-order valence-corrected chi connectivity index (χ4v) is 3.87. The largest absolute Gasteiger partial charge is 0.394 e. The third-order valence-electron chi connectivity index (χ3n) is 5.22. The lowest BCUT2D eigenvalue weighted by molar-refractivity contribution is -0.0688. The first-order valence-corrected chi connectivity index (χ1v) is 7.44. The molecular formula is C14H26N2O2. The summed E-state index contributed by atoms with van der Waals surface area (Å²) in [5, 5.41) is 13.3. The van der Waals surface area contributed by atoms with E-state index in [1.54, 1.807) is 0 Å². The minimum atomic E-state index is -0.0789. The van der Waals surface area contributed by atoms with E-state index in [0.717, 1.165) is 19.7 Å². The van der Waals surface area contributed by atoms with Crippen molar-refractivity contribution in [2.24, 2.45) is 5.92 Å². The van der Waals surface area contributed by atoms with Crippen molar-refractivity contribution in [2.75, 3.05) is 33.4 Å². The number of aliphatic hydroxyl groups excluding tert-OH is 1. The maximum Gasteiger partial charge on any atom is 0.0730 e. The molecule has 18 heavy (non-hydrogen) atoms. The van der Waals surface area contributed by atoms with Crippen LogP contribution in [0.4, 0.5) is 0 Å². The molecule has 2 aliphatic carbocycles. The van der Waals surface area contributed by atoms with E-state index >= 15 is 0 Å². The third kappa shape index (κ3) is 2.20. The van der Waals surface area contributed by atoms with Crippen LogP contribution in [-0.4, -0.2) is 61.0 Å². The highest BCUT2D eigenvalue weighted by Crippen LogP contribution is 2.41. The highest BCUT2D eigenvalue weighted by atomic mass is 16.5. The Morgan fingerprint density at radius 2 is 2.17 bits per heavy atom. The maximum absolute atomic E-state index is 9.84. The number of nitrogens with one attached hydrogen (secondary N) is 1. The molecule has 1 heterocycles. The van der Waals surface area contributed by atoms with Crippen LogP contribution in [0.2, 0.25) is 0 Å². The smallest absolute Gasteiger partial charge is 0.0730 e. The summed E-state index contributed by atoms with van der Waals surface area (Å²) in [6.45, 7) is 3.12. The maximum atomic E-state index is 9.84. The van der Waals surface area contributed by atoms with Gasteiger partial charge in [-0.1, -0.05) is 0 Å². The first-order chi connectivity index (χ1) is 8.79. The molecule has 104 valence electrons. The van der Waals surface area contributed by atoms with Crippen LogP contribution in [0.3, 0.4) is 0 Å². The Balaban J connectivity index is 1.69. The van der Waals surface area contributed by atoms with Crippen molar-refractivity contribution in [3.8, 4) is 0 Å². The number of aliphatic hydroxyl groups is 1. The Morgan fingerprint density at radius 3 is 2.83 bits per heavy atom. The Hall–Kier alpha value is -0.160. The molecule has 0 amide bonds. The molecule has 0 spiro atoms. The summed E-state index contributed by atoms with van der Waals surface area (Å²) >= 11 is 0. The Kier molecular flexibility index (Phi) is 3.63. The van der Waals surface area contributed by atoms with Crippen LogP contribution in [0.1, 0.15) is 32.1 Å². The van der Waals surface area contributed by atoms with E-state index < -0.39 is 0 Å². The van der Waals surface area contributed by atoms with Gasteiger partial charge in [0.25, 0.3) is 0 Å². The van der Waals surface area contributed by atoms with Crippen molar-refractivity contribution >= 4 is 0 Å². The van der Waals surface area contributed by atoms with Gasteiger partial charge >= 0.3 is 0 Å². The predicted octanol–water partition coefficient (Wildman–Crippen LogP) is 0.600. The molecule has 4 heteroatoms. The molecule has 3 atom stereocenters. The quantitative estimate of drug-likeness (QED) is 0.754. The Morgan fingerprint density at radius 1 is 1.33 bits per heavy atom. The van der Waals surface area contributed by atoms with Crippen LogP contribution >= 0.6 is 0 Å². The monoisotopic (exact) mass is 254 g/mol. The molecule has 0 aromatic carbocycles. The molecule has 3 rings (SSSR count). The molecule has 0 aromatic rings. The number of ether oxygens (including phenoxy) is 1. The second kappa shape index (κ2) is 5.08. The van der Waals surface area contributed by atoms with E-state index in [0.29, 0.717) is 18.1 Å². The fourth-order valence-electron chi connectivity index (χ4n) is 3.87. The minimum Gasteiger partial charge on any atom is -0.394 e. The van der Waals surface area contributed by atoms with E-state index in [1.807, 2.05) is 7.05 Å². The SMILES string of the molecule is CNC(CO)(CN1CCOC2CCCC21)C1CC1. The summed E-state index contributed by atoms with van der Waals surface area (Å²) < 4.78 is 5.87. The van der Waals surface area contributed by atoms with Crippen molar-refractivity contribution in [3.05, 3.63) is 0 Å². The second-order valence-electron chi connectivity index (χ2n) is 6.22. The van der Waals surface area contributed by atoms with E-state index in [4.69, 9.17) is 4.74 Å². The predicted molar refractivity (Wildman–Crippen MR) is 70.6 cm³/mol. The van der Waals surface area contributed by atoms with Gasteiger partial charge in [0.05, 0.1) is 24.9 Å². The average molecular weight is 254 g/mol. The van der Waals surface area contributed by atoms with Crippen molar-refractivity contribution < 1.29 is 9.84 Å². The van der Waals surface area contributed by atoms with Gasteiger partial charge in [-0.2, -0.15) is 0 Å². The number of morpholine rings is 1. The number of rotatable bonds is 5. The van der Waals surface area contributed by atoms with Gasteiger partial charge in [-0.15, -0.1) is 0 Å². The highest BCUT2D eigenvalue weighted by molar-refractivity contribution is 5.04. The van der Waals surface area contributed by atoms with E-state index in [-0.39, 0.29) is 12.1 Å². The third-order valence-corrected chi connectivity index (χ3v) is 5.22. The summed E-state index contributed by atoms with van der Waals surface area (Å²) in [6.07, 6.45) is 6.75. The van der Waals surface area contributed by atoms with Gasteiger partial charge in [-0.25, -0.2) is 0 Å². The summed E-state index contributed by atoms with van der Waals surface area (Å²) in [7, 11) is 2.00. The van der Waals surface area contributed by atoms with Gasteiger partial charge in [0.1, 0.15) is 0 Å². The van der Waals surface area contributed by atoms with Gasteiger partial charge in [-0.05, 0) is 45.1 Å². The molecule has 2 N–H and O–H groups in total. The summed E-state index contributed by atoms with van der Waals surface area (Å²) in [4.78, 5) is 2.58. The summed E-state index contributed by atoms with van der Waals surface area (Å²) in [5.41, 5.74) is -0.0789. The molecule has 4 nitrogen and oxygen atoms in total. The number of fused-ring (bicyclic) bond motifs is 1. The number of hydrogen-bond acceptors (Lipinski definition) is 4. The second-order valence-corrected chi connectivity index (χ2v) is 6.22. The highest BCUT2D eigenvalue weighted by Gasteiger charge is 2.47. The molecule has 2 saturated carbocycles. The molecule has 0 radical (unpaired) electrons. The van der Waals surface area contributed by atoms with Crippen molar-refractivity contribution in [1.29, 1.82) is 0 Å². The van der Waals surface area contributed by atoms with E-state index in [1.165, 1.54) is 32.1 Å². The van der Waals surface area contributed by atoms with Crippen molar-refractivity contribution in [3.63, 3.8) is 0 Å². The average Bonchev–Trinajstić information content (AvgIpc) is 3.14. The van der Waals surface area contributed by atoms with Crippen LogP contribution in [0, 0.1) is 5.92 Å². The lowest BCUT2D eigenvalue weighted by Crippen LogP contribution is -2.61. The van der Waals surface area contributed by atoms with Crippen molar-refractivity contribution in [2.45, 2.75) is 49.8 Å². The van der Waals surface area contributed by atoms with Crippen LogP contribution in [-0.2, 0) is 4.74 Å². The standard InChI is InChI=1S/C14H26N2O2/c1-15-14(10-17,11-5-6-11)9-16-7-8-18-13-4-2-3-12(13)16/h11-13,15,17H,2-10H2,1H3. The van der Waals surface area contributed by atoms with Crippen LogP contribution in [0.15, 0.2) is 0 Å². The molecule has 0 bridgehead atoms. The molecule has 3 unspecified atom stereocenters. The van der Waals surface area contributed by atoms with Crippen LogP contribution in [0.5, 0.6) is 0 Å². The zero-order valence-electron chi connectivity index (χ0n) is 11.4. The van der Waals surface area contributed by atoms with Gasteiger partial charge in [-0.3, -0.25) is 4.90 Å². The molecule has 3 fully saturated rings. The minimum absolute atomic E-state index is 0.0789. The van der Waals surface area contributed by atoms with E-state index in [2.05, 4.69) is 10.2 Å². The van der Waals surface area contributed by atoms with Gasteiger partial charge in [0, 0.05) is 19.1 Å². The van der Waals surface area contributed by atoms with Crippen molar-refractivity contribution in [1.82, 2.24) is 10.2 Å². The summed E-state index contributed by atoms with van der Waals surface area (Å²) in [6, 6.07) is 0.594. The fraction of sp³-hybridized carbons (Fsp3) is 1.00. The molecule has 1 aliphatic heterocycles. The van der Waals surface area contributed by atoms with Crippen LogP contribution in [0.25, 0.3) is 0 Å². The first kappa shape index (κ1) is 12.9. The molecule has 0 aromatic heterocycles. The molecular weight excluding hydrogens is 228 g/mol. The Bertz CT molecular complexity index is 290. The van der Waals surface area contributed by atoms with Gasteiger partial charge < -0.3 is 15.2 Å². The zero-order valence-corrected chi connectivity index (χ0v) is 11.4. The molecule has 3 aliphatic rings. The normalized spacial score (nSPS) is 36.3. The van der Waals surface area contributed by atoms with Gasteiger partial charge in [0.2, 0.25) is 0 Å². The lowest BCUT2D eigenvalue weighted by Gasteiger charge is -2.44. The van der Waals surface area contributed by atoms with E-state index in [9.17, 15) is 5.11 Å². The number of hydrogen-bond donors (Lipinski definition) is 2. The lowest BCUT2D eigenvalue weighted by atomic mass is 9.92. The first-order valence-electron chi connectivity index (χ1n) is 7.44. The number of likely N-dealkylation sites (N-methyl/N-ethyl adjacent to an activating group) is 1. The summed E-state index contributed by atoms with van der Waals surface area (Å²) in [5.74, 6) is 0.662. The topological polar surface area (TPSA) is 44.7 Å². The van der Waals surface area contributed by atoms with Crippen LogP contribution < -0.4 is 5.32 Å². The molecule has 1 saturated heterocycles. The number of nitrogens with zero attached hydrogens (tertiary/aromatic N) is 1.